The van der Waals surface area contributed by atoms with Gasteiger partial charge in [-0.3, -0.25) is 4.79 Å². The van der Waals surface area contributed by atoms with Crippen LogP contribution in [0.5, 0.6) is 0 Å². The Morgan fingerprint density at radius 1 is 1.67 bits per heavy atom. The molecule has 0 aliphatic heterocycles. The predicted octanol–water partition coefficient (Wildman–Crippen LogP) is 2.81. The lowest BCUT2D eigenvalue weighted by atomic mass is 10.2. The fraction of sp³-hybridized carbons (Fsp3) is 0.364. The first-order valence-corrected chi connectivity index (χ1v) is 4.93. The number of rotatable bonds is 5. The number of nitrogens with zero attached hydrogens (tertiary/aromatic N) is 2. The van der Waals surface area contributed by atoms with E-state index in [-0.39, 0.29) is 11.6 Å². The highest BCUT2D eigenvalue weighted by atomic mass is 16.1. The zero-order chi connectivity index (χ0) is 11.1. The summed E-state index contributed by atoms with van der Waals surface area (Å²) in [5.74, 6) is 0. The van der Waals surface area contributed by atoms with E-state index in [2.05, 4.69) is 21.8 Å². The second-order valence-electron chi connectivity index (χ2n) is 3.34. The molecule has 0 aliphatic carbocycles. The maximum atomic E-state index is 10.9. The third-order valence-corrected chi connectivity index (χ3v) is 1.92. The lowest BCUT2D eigenvalue weighted by Crippen LogP contribution is -2.00. The van der Waals surface area contributed by atoms with Crippen LogP contribution in [0, 0.1) is 0 Å². The minimum atomic E-state index is -0.162. The summed E-state index contributed by atoms with van der Waals surface area (Å²) in [5, 5.41) is 8.09. The normalized spacial score (nSPS) is 12.9. The van der Waals surface area contributed by atoms with Crippen molar-refractivity contribution in [3.63, 3.8) is 0 Å². The first-order chi connectivity index (χ1) is 7.22. The molecule has 0 fully saturated rings. The molecule has 0 amide bonds. The number of nitrogens with one attached hydrogen (secondary N) is 1. The van der Waals surface area contributed by atoms with Crippen molar-refractivity contribution in [3.8, 4) is 0 Å². The highest BCUT2D eigenvalue weighted by molar-refractivity contribution is 5.32. The van der Waals surface area contributed by atoms with Gasteiger partial charge in [0.1, 0.15) is 0 Å². The van der Waals surface area contributed by atoms with E-state index in [1.54, 1.807) is 12.3 Å². The number of aromatic nitrogens is 1. The molecule has 1 N–H and O–H groups in total. The van der Waals surface area contributed by atoms with E-state index in [1.807, 2.05) is 13.0 Å². The van der Waals surface area contributed by atoms with Crippen LogP contribution in [0.3, 0.4) is 0 Å². The van der Waals surface area contributed by atoms with E-state index in [1.165, 1.54) is 6.07 Å². The van der Waals surface area contributed by atoms with Gasteiger partial charge in [-0.2, -0.15) is 10.2 Å². The third-order valence-electron chi connectivity index (χ3n) is 1.92. The van der Waals surface area contributed by atoms with Crippen molar-refractivity contribution in [3.05, 3.63) is 41.3 Å². The third kappa shape index (κ3) is 4.35. The Kier molecular flexibility index (Phi) is 4.47. The summed E-state index contributed by atoms with van der Waals surface area (Å²) in [7, 11) is 0. The molecule has 1 aromatic rings. The van der Waals surface area contributed by atoms with Gasteiger partial charge in [-0.25, -0.2) is 0 Å². The van der Waals surface area contributed by atoms with Crippen LogP contribution in [-0.2, 0) is 0 Å². The number of hydrogen-bond acceptors (Lipinski definition) is 3. The first-order valence-electron chi connectivity index (χ1n) is 4.93. The molecule has 1 aromatic heterocycles. The smallest absolute Gasteiger partial charge is 0.250 e. The zero-order valence-electron chi connectivity index (χ0n) is 8.81. The zero-order valence-corrected chi connectivity index (χ0v) is 8.81. The van der Waals surface area contributed by atoms with Crippen molar-refractivity contribution in [1.29, 1.82) is 0 Å². The van der Waals surface area contributed by atoms with E-state index >= 15 is 0 Å². The van der Waals surface area contributed by atoms with Crippen molar-refractivity contribution < 1.29 is 0 Å². The Morgan fingerprint density at radius 3 is 3.13 bits per heavy atom. The van der Waals surface area contributed by atoms with Gasteiger partial charge in [0, 0.05) is 12.3 Å². The van der Waals surface area contributed by atoms with Crippen LogP contribution in [0.25, 0.3) is 0 Å². The number of pyridine rings is 1. The molecule has 1 rings (SSSR count). The van der Waals surface area contributed by atoms with E-state index in [9.17, 15) is 4.79 Å². The molecule has 4 heteroatoms. The van der Waals surface area contributed by atoms with Gasteiger partial charge < -0.3 is 4.98 Å². The van der Waals surface area contributed by atoms with Gasteiger partial charge in [-0.05, 0) is 25.8 Å². The molecule has 1 heterocycles. The average molecular weight is 205 g/mol. The summed E-state index contributed by atoms with van der Waals surface area (Å²) in [6.45, 7) is 5.63. The van der Waals surface area contributed by atoms with Gasteiger partial charge in [-0.15, -0.1) is 6.58 Å². The summed E-state index contributed by atoms with van der Waals surface area (Å²) in [4.78, 5) is 13.5. The number of H-pyrrole nitrogens is 1. The molecule has 4 nitrogen and oxygen atoms in total. The Labute approximate surface area is 88.8 Å². The monoisotopic (exact) mass is 205 g/mol. The molecule has 0 saturated heterocycles. The van der Waals surface area contributed by atoms with Crippen molar-refractivity contribution in [2.24, 2.45) is 10.2 Å². The number of aromatic amines is 1. The van der Waals surface area contributed by atoms with Gasteiger partial charge in [0.2, 0.25) is 5.56 Å². The van der Waals surface area contributed by atoms with Gasteiger partial charge in [0.25, 0.3) is 0 Å². The van der Waals surface area contributed by atoms with E-state index in [0.29, 0.717) is 5.69 Å². The van der Waals surface area contributed by atoms with E-state index in [4.69, 9.17) is 0 Å². The Hall–Kier alpha value is -1.71. The molecular formula is C11H15N3O. The maximum absolute atomic E-state index is 10.9. The number of hydrogen-bond donors (Lipinski definition) is 1. The fourth-order valence-electron chi connectivity index (χ4n) is 1.08. The summed E-state index contributed by atoms with van der Waals surface area (Å²) < 4.78 is 0. The van der Waals surface area contributed by atoms with Gasteiger partial charge in [0.15, 0.2) is 0 Å². The Bertz CT molecular complexity index is 395. The molecule has 0 bridgehead atoms. The SMILES string of the molecule is C=CCCC(C)N=Nc1cc[nH]c(=O)c1. The molecule has 0 saturated carbocycles. The molecule has 80 valence electrons. The molecule has 1 unspecified atom stereocenters. The average Bonchev–Trinajstić information content (AvgIpc) is 2.23. The van der Waals surface area contributed by atoms with E-state index in [0.717, 1.165) is 12.8 Å². The quantitative estimate of drug-likeness (QED) is 0.583. The fourth-order valence-corrected chi connectivity index (χ4v) is 1.08. The van der Waals surface area contributed by atoms with Gasteiger partial charge in [0.05, 0.1) is 11.7 Å². The van der Waals surface area contributed by atoms with Crippen LogP contribution in [0.15, 0.2) is 46.0 Å². The largest absolute Gasteiger partial charge is 0.329 e. The Morgan fingerprint density at radius 2 is 2.47 bits per heavy atom. The standard InChI is InChI=1S/C11H15N3O/c1-3-4-5-9(2)13-14-10-6-7-12-11(15)8-10/h3,6-9H,1,4-5H2,2H3,(H,12,15). The number of azo groups is 1. The van der Waals surface area contributed by atoms with Gasteiger partial charge >= 0.3 is 0 Å². The van der Waals surface area contributed by atoms with Crippen LogP contribution in [0.4, 0.5) is 5.69 Å². The van der Waals surface area contributed by atoms with E-state index < -0.39 is 0 Å². The van der Waals surface area contributed by atoms with Crippen molar-refractivity contribution >= 4 is 5.69 Å². The van der Waals surface area contributed by atoms with Crippen LogP contribution >= 0.6 is 0 Å². The van der Waals surface area contributed by atoms with Crippen molar-refractivity contribution in [2.45, 2.75) is 25.8 Å². The van der Waals surface area contributed by atoms with Crippen molar-refractivity contribution in [2.75, 3.05) is 0 Å². The second kappa shape index (κ2) is 5.90. The highest BCUT2D eigenvalue weighted by Gasteiger charge is 1.97. The predicted molar refractivity (Wildman–Crippen MR) is 60.5 cm³/mol. The molecule has 0 aliphatic rings. The summed E-state index contributed by atoms with van der Waals surface area (Å²) in [6, 6.07) is 3.29. The molecule has 0 spiro atoms. The lowest BCUT2D eigenvalue weighted by Gasteiger charge is -2.00. The van der Waals surface area contributed by atoms with Crippen LogP contribution in [0.2, 0.25) is 0 Å². The minimum Gasteiger partial charge on any atom is -0.329 e. The molecule has 0 radical (unpaired) electrons. The Balaban J connectivity index is 2.57. The van der Waals surface area contributed by atoms with Crippen molar-refractivity contribution in [1.82, 2.24) is 4.98 Å². The molecule has 0 aromatic carbocycles. The van der Waals surface area contributed by atoms with Gasteiger partial charge in [-0.1, -0.05) is 6.08 Å². The topological polar surface area (TPSA) is 57.6 Å². The summed E-state index contributed by atoms with van der Waals surface area (Å²) in [5.41, 5.74) is 0.425. The van der Waals surface area contributed by atoms with Crippen LogP contribution < -0.4 is 5.56 Å². The van der Waals surface area contributed by atoms with Crippen LogP contribution in [0.1, 0.15) is 19.8 Å². The minimum absolute atomic E-state index is 0.155. The summed E-state index contributed by atoms with van der Waals surface area (Å²) in [6.07, 6.45) is 5.27. The van der Waals surface area contributed by atoms with Crippen LogP contribution in [-0.4, -0.2) is 11.0 Å². The maximum Gasteiger partial charge on any atom is 0.250 e. The lowest BCUT2D eigenvalue weighted by molar-refractivity contribution is 0.648. The second-order valence-corrected chi connectivity index (χ2v) is 3.34. The highest BCUT2D eigenvalue weighted by Crippen LogP contribution is 2.10. The first kappa shape index (κ1) is 11.4. The summed E-state index contributed by atoms with van der Waals surface area (Å²) >= 11 is 0. The molecular weight excluding hydrogens is 190 g/mol. The number of allylic oxidation sites excluding steroid dienone is 1. The molecule has 15 heavy (non-hydrogen) atoms. The molecule has 1 atom stereocenters.